The van der Waals surface area contributed by atoms with E-state index in [4.69, 9.17) is 9.47 Å². The summed E-state index contributed by atoms with van der Waals surface area (Å²) in [6, 6.07) is 21.1. The van der Waals surface area contributed by atoms with Gasteiger partial charge in [0, 0.05) is 25.2 Å². The van der Waals surface area contributed by atoms with Gasteiger partial charge in [-0.15, -0.1) is 10.2 Å². The van der Waals surface area contributed by atoms with Crippen molar-refractivity contribution < 1.29 is 29.3 Å². The first-order valence-electron chi connectivity index (χ1n) is 30.9. The van der Waals surface area contributed by atoms with Gasteiger partial charge in [0.2, 0.25) is 0 Å². The van der Waals surface area contributed by atoms with Crippen molar-refractivity contribution in [3.8, 4) is 34.1 Å². The fourth-order valence-electron chi connectivity index (χ4n) is 9.82. The molecule has 78 heavy (non-hydrogen) atoms. The van der Waals surface area contributed by atoms with Gasteiger partial charge < -0.3 is 30.3 Å². The summed E-state index contributed by atoms with van der Waals surface area (Å²) in [5.41, 5.74) is 5.85. The highest BCUT2D eigenvalue weighted by molar-refractivity contribution is 5.73. The molecule has 0 bridgehead atoms. The van der Waals surface area contributed by atoms with Crippen molar-refractivity contribution >= 4 is 34.9 Å². The lowest BCUT2D eigenvalue weighted by Crippen LogP contribution is -2.27. The minimum absolute atomic E-state index is 0.141. The number of hydrogen-bond donors (Lipinski definition) is 4. The molecular weight excluding hydrogens is 973 g/mol. The number of nitrogens with zero attached hydrogens (tertiary/aromatic N) is 4. The minimum Gasteiger partial charge on any atom is -0.505 e. The van der Waals surface area contributed by atoms with Crippen LogP contribution in [0.2, 0.25) is 0 Å². The number of ether oxygens (including phenoxy) is 2. The van der Waals surface area contributed by atoms with E-state index in [1.54, 1.807) is 24.3 Å². The molecule has 0 aliphatic carbocycles. The van der Waals surface area contributed by atoms with Crippen LogP contribution in [0.5, 0.6) is 23.0 Å². The molecule has 0 aliphatic rings. The van der Waals surface area contributed by atoms with Crippen molar-refractivity contribution in [3.63, 3.8) is 0 Å². The van der Waals surface area contributed by atoms with E-state index in [0.717, 1.165) is 47.9 Å². The van der Waals surface area contributed by atoms with Gasteiger partial charge >= 0.3 is 12.2 Å². The molecule has 0 radical (unpaired) electrons. The van der Waals surface area contributed by atoms with Gasteiger partial charge in [0.1, 0.15) is 34.4 Å². The number of aryl methyl sites for hydroxylation is 2. The van der Waals surface area contributed by atoms with Crippen molar-refractivity contribution in [3.05, 3.63) is 83.9 Å². The summed E-state index contributed by atoms with van der Waals surface area (Å²) in [4.78, 5) is 24.9. The van der Waals surface area contributed by atoms with Crippen molar-refractivity contribution in [2.24, 2.45) is 20.5 Å². The Kier molecular flexibility index (Phi) is 34.3. The number of phenolic OH excluding ortho intramolecular Hbond substituents is 2. The second-order valence-corrected chi connectivity index (χ2v) is 21.3. The van der Waals surface area contributed by atoms with E-state index in [2.05, 4.69) is 70.9 Å². The van der Waals surface area contributed by atoms with Gasteiger partial charge in [-0.3, -0.25) is 0 Å². The van der Waals surface area contributed by atoms with E-state index in [0.29, 0.717) is 37.3 Å². The normalized spacial score (nSPS) is 11.5. The largest absolute Gasteiger partial charge is 0.505 e. The van der Waals surface area contributed by atoms with E-state index >= 15 is 0 Å². The summed E-state index contributed by atoms with van der Waals surface area (Å²) < 4.78 is 10.9. The number of carbonyl (C=O) groups excluding carboxylic acids is 2. The Bertz CT molecular complexity index is 2170. The number of azo groups is 2. The Labute approximate surface area is 470 Å². The fourth-order valence-corrected chi connectivity index (χ4v) is 9.82. The standard InChI is InChI=1S/C66H100N6O6/c1-5-9-11-13-15-17-19-21-23-25-27-29-31-33-35-37-47-67-65(75)77-57-41-45-61(63(73)51-57)71-69-59-43-39-55(49-53(59)7-3)56-40-44-60(54(8-4)50-56)70-72-62-46-42-58(52-64(62)74)78-66(76)68-48-38-36-34-32-30-28-26-24-22-20-18-16-14-12-10-6-2/h39-46,49-52,73-74H,5-38,47-48H2,1-4H3,(H,67,75)(H,68,76)/b71-69+,72-70+. The number of carbonyl (C=O) groups is 2. The van der Waals surface area contributed by atoms with Crippen LogP contribution < -0.4 is 20.1 Å². The number of amides is 2. The molecule has 0 unspecified atom stereocenters. The maximum Gasteiger partial charge on any atom is 0.412 e. The van der Waals surface area contributed by atoms with Crippen LogP contribution in [-0.4, -0.2) is 35.5 Å². The summed E-state index contributed by atoms with van der Waals surface area (Å²) in [6.07, 6.45) is 42.0. The van der Waals surface area contributed by atoms with E-state index in [-0.39, 0.29) is 34.4 Å². The summed E-state index contributed by atoms with van der Waals surface area (Å²) in [7, 11) is 0. The van der Waals surface area contributed by atoms with Crippen LogP contribution in [0.3, 0.4) is 0 Å². The number of benzene rings is 4. The zero-order valence-electron chi connectivity index (χ0n) is 48.7. The SMILES string of the molecule is CCCCCCCCCCCCCCCCCCNC(=O)Oc1ccc(/N=N/c2ccc(-c3ccc(/N=N/c4ccc(OC(=O)NCCCCCCCCCCCCCCCCCC)cc4O)c(CC)c3)cc2CC)c(O)c1. The molecule has 0 saturated heterocycles. The first kappa shape index (κ1) is 64.7. The Balaban J connectivity index is 1.12. The maximum absolute atomic E-state index is 12.5. The van der Waals surface area contributed by atoms with E-state index in [1.165, 1.54) is 192 Å². The molecule has 4 aromatic rings. The smallest absolute Gasteiger partial charge is 0.412 e. The van der Waals surface area contributed by atoms with Gasteiger partial charge in [-0.1, -0.05) is 232 Å². The molecule has 0 fully saturated rings. The fraction of sp³-hybridized carbons (Fsp3) is 0.606. The van der Waals surface area contributed by atoms with Gasteiger partial charge in [-0.05, 0) is 96.5 Å². The molecule has 0 atom stereocenters. The zero-order chi connectivity index (χ0) is 55.7. The molecular formula is C66H100N6O6. The third-order valence-electron chi connectivity index (χ3n) is 14.7. The first-order chi connectivity index (χ1) is 38.2. The summed E-state index contributed by atoms with van der Waals surface area (Å²) in [5.74, 6) is 0.168. The maximum atomic E-state index is 12.5. The zero-order valence-corrected chi connectivity index (χ0v) is 48.7. The molecule has 0 heterocycles. The molecule has 430 valence electrons. The Morgan fingerprint density at radius 3 is 0.910 bits per heavy atom. The van der Waals surface area contributed by atoms with Gasteiger partial charge in [-0.2, -0.15) is 10.2 Å². The van der Waals surface area contributed by atoms with E-state index in [9.17, 15) is 19.8 Å². The minimum atomic E-state index is -0.547. The molecule has 0 saturated carbocycles. The first-order valence-corrected chi connectivity index (χ1v) is 30.9. The topological polar surface area (TPSA) is 167 Å². The predicted octanol–water partition coefficient (Wildman–Crippen LogP) is 21.4. The van der Waals surface area contributed by atoms with Crippen LogP contribution in [-0.2, 0) is 12.8 Å². The molecule has 2 amide bonds. The summed E-state index contributed by atoms with van der Waals surface area (Å²) >= 11 is 0. The molecule has 0 spiro atoms. The lowest BCUT2D eigenvalue weighted by molar-refractivity contribution is 0.199. The lowest BCUT2D eigenvalue weighted by atomic mass is 9.98. The number of nitrogens with one attached hydrogen (secondary N) is 2. The van der Waals surface area contributed by atoms with Crippen molar-refractivity contribution in [2.45, 2.75) is 246 Å². The highest BCUT2D eigenvalue weighted by atomic mass is 16.6. The van der Waals surface area contributed by atoms with Crippen LogP contribution in [0.15, 0.2) is 93.3 Å². The summed E-state index contributed by atoms with van der Waals surface area (Å²) in [6.45, 7) is 9.75. The molecule has 4 aromatic carbocycles. The molecule has 12 heteroatoms. The Morgan fingerprint density at radius 1 is 0.359 bits per heavy atom. The van der Waals surface area contributed by atoms with Gasteiger partial charge in [0.15, 0.2) is 0 Å². The van der Waals surface area contributed by atoms with Gasteiger partial charge in [0.25, 0.3) is 0 Å². The lowest BCUT2D eigenvalue weighted by Gasteiger charge is -2.10. The second kappa shape index (κ2) is 41.3. The molecule has 4 rings (SSSR count). The average molecular weight is 1070 g/mol. The monoisotopic (exact) mass is 1070 g/mol. The number of unbranched alkanes of at least 4 members (excludes halogenated alkanes) is 30. The third kappa shape index (κ3) is 27.7. The third-order valence-corrected chi connectivity index (χ3v) is 14.7. The molecule has 0 aliphatic heterocycles. The van der Waals surface area contributed by atoms with Crippen molar-refractivity contribution in [1.82, 2.24) is 10.6 Å². The molecule has 4 N–H and O–H groups in total. The second-order valence-electron chi connectivity index (χ2n) is 21.3. The van der Waals surface area contributed by atoms with Crippen molar-refractivity contribution in [2.75, 3.05) is 13.1 Å². The molecule has 12 nitrogen and oxygen atoms in total. The summed E-state index contributed by atoms with van der Waals surface area (Å²) in [5, 5.41) is 44.7. The number of aromatic hydroxyl groups is 2. The quantitative estimate of drug-likeness (QED) is 0.0254. The Morgan fingerprint density at radius 2 is 0.628 bits per heavy atom. The van der Waals surface area contributed by atoms with Crippen molar-refractivity contribution in [1.29, 1.82) is 0 Å². The van der Waals surface area contributed by atoms with E-state index in [1.807, 2.05) is 24.3 Å². The molecule has 0 aromatic heterocycles. The highest BCUT2D eigenvalue weighted by Gasteiger charge is 2.12. The number of phenols is 2. The van der Waals surface area contributed by atoms with Gasteiger partial charge in [0.05, 0.1) is 11.4 Å². The predicted molar refractivity (Wildman–Crippen MR) is 322 cm³/mol. The van der Waals surface area contributed by atoms with Crippen LogP contribution in [0.4, 0.5) is 32.3 Å². The van der Waals surface area contributed by atoms with Crippen LogP contribution >= 0.6 is 0 Å². The van der Waals surface area contributed by atoms with Crippen LogP contribution in [0, 0.1) is 0 Å². The van der Waals surface area contributed by atoms with E-state index < -0.39 is 12.2 Å². The Hall–Kier alpha value is -5.78. The number of rotatable bonds is 43. The van der Waals surface area contributed by atoms with Crippen LogP contribution in [0.1, 0.15) is 244 Å². The van der Waals surface area contributed by atoms with Crippen LogP contribution in [0.25, 0.3) is 11.1 Å². The number of hydrogen-bond acceptors (Lipinski definition) is 10. The van der Waals surface area contributed by atoms with Gasteiger partial charge in [-0.25, -0.2) is 9.59 Å². The average Bonchev–Trinajstić information content (AvgIpc) is 3.45. The highest BCUT2D eigenvalue weighted by Crippen LogP contribution is 2.37.